The summed E-state index contributed by atoms with van der Waals surface area (Å²) in [5.41, 5.74) is -0.647. The first-order chi connectivity index (χ1) is 6.03. The molecule has 0 aromatic carbocycles. The van der Waals surface area contributed by atoms with E-state index in [1.54, 1.807) is 14.1 Å². The zero-order valence-corrected chi connectivity index (χ0v) is 8.34. The summed E-state index contributed by atoms with van der Waals surface area (Å²) in [4.78, 5) is 12.6. The summed E-state index contributed by atoms with van der Waals surface area (Å²) in [5.74, 6) is 0. The topological polar surface area (TPSA) is 52.6 Å². The third kappa shape index (κ3) is 2.88. The summed E-state index contributed by atoms with van der Waals surface area (Å²) in [6, 6.07) is -0.139. The second-order valence-electron chi connectivity index (χ2n) is 3.98. The molecule has 0 radical (unpaired) electrons. The van der Waals surface area contributed by atoms with Crippen LogP contribution in [0.1, 0.15) is 25.7 Å². The second-order valence-corrected chi connectivity index (χ2v) is 3.98. The van der Waals surface area contributed by atoms with E-state index in [1.165, 1.54) is 4.90 Å². The number of carbonyl (C=O) groups excluding carboxylic acids is 1. The molecule has 0 unspecified atom stereocenters. The molecule has 1 rings (SSSR count). The smallest absolute Gasteiger partial charge is 0.316 e. The minimum atomic E-state index is -0.647. The SMILES string of the molecule is CN(C)C(=O)NCC1(O)CCCC1. The predicted molar refractivity (Wildman–Crippen MR) is 50.5 cm³/mol. The fraction of sp³-hybridized carbons (Fsp3) is 0.889. The van der Waals surface area contributed by atoms with Gasteiger partial charge < -0.3 is 15.3 Å². The van der Waals surface area contributed by atoms with E-state index in [1.807, 2.05) is 0 Å². The fourth-order valence-corrected chi connectivity index (χ4v) is 1.61. The van der Waals surface area contributed by atoms with Crippen LogP contribution in [-0.2, 0) is 0 Å². The van der Waals surface area contributed by atoms with Crippen molar-refractivity contribution in [2.45, 2.75) is 31.3 Å². The molecule has 0 heterocycles. The summed E-state index contributed by atoms with van der Waals surface area (Å²) in [7, 11) is 3.38. The van der Waals surface area contributed by atoms with Crippen molar-refractivity contribution < 1.29 is 9.90 Å². The Labute approximate surface area is 78.9 Å². The summed E-state index contributed by atoms with van der Waals surface area (Å²) in [5, 5.41) is 12.6. The molecule has 1 aliphatic rings. The first-order valence-corrected chi connectivity index (χ1v) is 4.71. The van der Waals surface area contributed by atoms with Crippen LogP contribution < -0.4 is 5.32 Å². The van der Waals surface area contributed by atoms with E-state index in [0.29, 0.717) is 6.54 Å². The largest absolute Gasteiger partial charge is 0.388 e. The van der Waals surface area contributed by atoms with Crippen LogP contribution in [0.5, 0.6) is 0 Å². The van der Waals surface area contributed by atoms with Crippen molar-refractivity contribution in [3.8, 4) is 0 Å². The van der Waals surface area contributed by atoms with Crippen molar-refractivity contribution in [1.29, 1.82) is 0 Å². The van der Waals surface area contributed by atoms with Gasteiger partial charge in [0, 0.05) is 20.6 Å². The molecule has 0 atom stereocenters. The normalized spacial score (nSPS) is 19.9. The van der Waals surface area contributed by atoms with Crippen molar-refractivity contribution in [2.75, 3.05) is 20.6 Å². The van der Waals surface area contributed by atoms with Crippen molar-refractivity contribution in [3.63, 3.8) is 0 Å². The van der Waals surface area contributed by atoms with Gasteiger partial charge in [0.1, 0.15) is 0 Å². The molecule has 2 N–H and O–H groups in total. The van der Waals surface area contributed by atoms with E-state index in [9.17, 15) is 9.90 Å². The second kappa shape index (κ2) is 3.96. The highest BCUT2D eigenvalue weighted by molar-refractivity contribution is 5.73. The lowest BCUT2D eigenvalue weighted by molar-refractivity contribution is 0.0491. The van der Waals surface area contributed by atoms with Gasteiger partial charge in [0.2, 0.25) is 0 Å². The lowest BCUT2D eigenvalue weighted by Crippen LogP contribution is -2.44. The van der Waals surface area contributed by atoms with Crippen molar-refractivity contribution >= 4 is 6.03 Å². The molecular formula is C9H18N2O2. The molecule has 0 spiro atoms. The monoisotopic (exact) mass is 186 g/mol. The number of hydrogen-bond acceptors (Lipinski definition) is 2. The van der Waals surface area contributed by atoms with Crippen LogP contribution in [0.15, 0.2) is 0 Å². The minimum absolute atomic E-state index is 0.139. The molecular weight excluding hydrogens is 168 g/mol. The van der Waals surface area contributed by atoms with Crippen LogP contribution in [0.3, 0.4) is 0 Å². The number of hydrogen-bond donors (Lipinski definition) is 2. The van der Waals surface area contributed by atoms with E-state index >= 15 is 0 Å². The molecule has 0 saturated heterocycles. The molecule has 0 aliphatic heterocycles. The van der Waals surface area contributed by atoms with Crippen LogP contribution in [-0.4, -0.2) is 42.3 Å². The minimum Gasteiger partial charge on any atom is -0.388 e. The Hall–Kier alpha value is -0.770. The highest BCUT2D eigenvalue weighted by atomic mass is 16.3. The predicted octanol–water partition coefficient (Wildman–Crippen LogP) is 0.563. The Bertz CT molecular complexity index is 186. The molecule has 0 bridgehead atoms. The van der Waals surface area contributed by atoms with Gasteiger partial charge in [-0.3, -0.25) is 0 Å². The number of aliphatic hydroxyl groups is 1. The molecule has 0 aromatic heterocycles. The maximum absolute atomic E-state index is 11.1. The number of urea groups is 1. The van der Waals surface area contributed by atoms with E-state index in [-0.39, 0.29) is 6.03 Å². The average molecular weight is 186 g/mol. The molecule has 1 fully saturated rings. The van der Waals surface area contributed by atoms with Crippen LogP contribution >= 0.6 is 0 Å². The standard InChI is InChI=1S/C9H18N2O2/c1-11(2)8(12)10-7-9(13)5-3-4-6-9/h13H,3-7H2,1-2H3,(H,10,12). The molecule has 1 saturated carbocycles. The third-order valence-corrected chi connectivity index (χ3v) is 2.51. The molecule has 76 valence electrons. The van der Waals surface area contributed by atoms with Crippen molar-refractivity contribution in [3.05, 3.63) is 0 Å². The van der Waals surface area contributed by atoms with Gasteiger partial charge >= 0.3 is 6.03 Å². The lowest BCUT2D eigenvalue weighted by atomic mass is 10.0. The number of carbonyl (C=O) groups is 1. The maximum Gasteiger partial charge on any atom is 0.316 e. The number of nitrogens with one attached hydrogen (secondary N) is 1. The van der Waals surface area contributed by atoms with Gasteiger partial charge in [0.05, 0.1) is 5.60 Å². The van der Waals surface area contributed by atoms with Gasteiger partial charge in [-0.05, 0) is 12.8 Å². The fourth-order valence-electron chi connectivity index (χ4n) is 1.61. The zero-order chi connectivity index (χ0) is 9.90. The number of nitrogens with zero attached hydrogens (tertiary/aromatic N) is 1. The Morgan fingerprint density at radius 1 is 1.46 bits per heavy atom. The molecule has 13 heavy (non-hydrogen) atoms. The van der Waals surface area contributed by atoms with E-state index in [0.717, 1.165) is 25.7 Å². The number of rotatable bonds is 2. The van der Waals surface area contributed by atoms with Crippen LogP contribution in [0.2, 0.25) is 0 Å². The van der Waals surface area contributed by atoms with Crippen LogP contribution in [0.4, 0.5) is 4.79 Å². The van der Waals surface area contributed by atoms with Gasteiger partial charge in [0.25, 0.3) is 0 Å². The van der Waals surface area contributed by atoms with Gasteiger partial charge in [-0.25, -0.2) is 4.79 Å². The third-order valence-electron chi connectivity index (χ3n) is 2.51. The Morgan fingerprint density at radius 2 is 2.00 bits per heavy atom. The molecule has 2 amide bonds. The van der Waals surface area contributed by atoms with E-state index < -0.39 is 5.60 Å². The highest BCUT2D eigenvalue weighted by Crippen LogP contribution is 2.28. The summed E-state index contributed by atoms with van der Waals surface area (Å²) in [6.45, 7) is 0.379. The van der Waals surface area contributed by atoms with Crippen molar-refractivity contribution in [1.82, 2.24) is 10.2 Å². The Kier molecular flexibility index (Phi) is 3.14. The maximum atomic E-state index is 11.1. The Balaban J connectivity index is 2.29. The van der Waals surface area contributed by atoms with E-state index in [2.05, 4.69) is 5.32 Å². The summed E-state index contributed by atoms with van der Waals surface area (Å²) >= 11 is 0. The van der Waals surface area contributed by atoms with Gasteiger partial charge in [-0.2, -0.15) is 0 Å². The Morgan fingerprint density at radius 3 is 2.46 bits per heavy atom. The van der Waals surface area contributed by atoms with Gasteiger partial charge in [-0.1, -0.05) is 12.8 Å². The molecule has 1 aliphatic carbocycles. The zero-order valence-electron chi connectivity index (χ0n) is 8.34. The first-order valence-electron chi connectivity index (χ1n) is 4.71. The van der Waals surface area contributed by atoms with Gasteiger partial charge in [-0.15, -0.1) is 0 Å². The molecule has 4 heteroatoms. The summed E-state index contributed by atoms with van der Waals surface area (Å²) in [6.07, 6.45) is 3.74. The average Bonchev–Trinajstić information content (AvgIpc) is 2.48. The van der Waals surface area contributed by atoms with E-state index in [4.69, 9.17) is 0 Å². The van der Waals surface area contributed by atoms with Crippen LogP contribution in [0, 0.1) is 0 Å². The van der Waals surface area contributed by atoms with Crippen molar-refractivity contribution in [2.24, 2.45) is 0 Å². The van der Waals surface area contributed by atoms with Crippen LogP contribution in [0.25, 0.3) is 0 Å². The number of amides is 2. The molecule has 4 nitrogen and oxygen atoms in total. The highest BCUT2D eigenvalue weighted by Gasteiger charge is 2.31. The quantitative estimate of drug-likeness (QED) is 0.662. The summed E-state index contributed by atoms with van der Waals surface area (Å²) < 4.78 is 0. The van der Waals surface area contributed by atoms with Gasteiger partial charge in [0.15, 0.2) is 0 Å². The lowest BCUT2D eigenvalue weighted by Gasteiger charge is -2.23. The first kappa shape index (κ1) is 10.3. The molecule has 0 aromatic rings.